The Morgan fingerprint density at radius 2 is 1.84 bits per heavy atom. The van der Waals surface area contributed by atoms with Crippen LogP contribution in [-0.2, 0) is 0 Å². The molecule has 0 saturated carbocycles. The predicted octanol–water partition coefficient (Wildman–Crippen LogP) is 2.60. The first-order valence-corrected chi connectivity index (χ1v) is 8.92. The van der Waals surface area contributed by atoms with E-state index < -0.39 is 0 Å². The van der Waals surface area contributed by atoms with Crippen molar-refractivity contribution in [1.29, 1.82) is 0 Å². The van der Waals surface area contributed by atoms with Crippen LogP contribution < -0.4 is 9.64 Å². The maximum absolute atomic E-state index is 12.9. The van der Waals surface area contributed by atoms with Crippen LogP contribution in [-0.4, -0.2) is 53.7 Å². The molecule has 3 heterocycles. The van der Waals surface area contributed by atoms with E-state index in [2.05, 4.69) is 19.8 Å². The van der Waals surface area contributed by atoms with E-state index in [0.29, 0.717) is 18.6 Å². The molecule has 0 N–H and O–H groups in total. The van der Waals surface area contributed by atoms with E-state index in [4.69, 9.17) is 4.74 Å². The van der Waals surface area contributed by atoms with Crippen LogP contribution in [0.1, 0.15) is 12.8 Å². The topological polar surface area (TPSA) is 41.5 Å². The maximum atomic E-state index is 12.9. The van der Waals surface area contributed by atoms with Gasteiger partial charge in [0.15, 0.2) is 0 Å². The molecule has 0 bridgehead atoms. The summed E-state index contributed by atoms with van der Waals surface area (Å²) in [6.07, 6.45) is 5.93. The van der Waals surface area contributed by atoms with Gasteiger partial charge in [0, 0.05) is 50.5 Å². The van der Waals surface area contributed by atoms with Crippen molar-refractivity contribution in [3.8, 4) is 5.75 Å². The van der Waals surface area contributed by atoms with Gasteiger partial charge in [-0.1, -0.05) is 0 Å². The summed E-state index contributed by atoms with van der Waals surface area (Å²) < 4.78 is 18.8. The van der Waals surface area contributed by atoms with E-state index in [0.717, 1.165) is 44.3 Å². The van der Waals surface area contributed by atoms with Crippen molar-refractivity contribution in [3.05, 3.63) is 48.5 Å². The first kappa shape index (κ1) is 16.3. The van der Waals surface area contributed by atoms with E-state index in [1.807, 2.05) is 6.07 Å². The summed E-state index contributed by atoms with van der Waals surface area (Å²) in [6, 6.07) is 8.69. The normalized spacial score (nSPS) is 24.0. The molecule has 6 heteroatoms. The molecule has 2 aliphatic rings. The number of piperidine rings is 1. The van der Waals surface area contributed by atoms with Gasteiger partial charge in [0.25, 0.3) is 0 Å². The lowest BCUT2D eigenvalue weighted by molar-refractivity contribution is 0.0725. The molecule has 132 valence electrons. The molecular formula is C19H23FN4O. The second-order valence-corrected chi connectivity index (χ2v) is 6.85. The molecule has 25 heavy (non-hydrogen) atoms. The number of benzene rings is 1. The van der Waals surface area contributed by atoms with Gasteiger partial charge >= 0.3 is 0 Å². The lowest BCUT2D eigenvalue weighted by Gasteiger charge is -2.46. The largest absolute Gasteiger partial charge is 0.493 e. The van der Waals surface area contributed by atoms with E-state index in [1.165, 1.54) is 18.6 Å². The van der Waals surface area contributed by atoms with Crippen LogP contribution in [0.15, 0.2) is 42.7 Å². The van der Waals surface area contributed by atoms with Gasteiger partial charge < -0.3 is 9.64 Å². The molecule has 2 aliphatic heterocycles. The monoisotopic (exact) mass is 342 g/mol. The summed E-state index contributed by atoms with van der Waals surface area (Å²) in [7, 11) is 0. The molecule has 2 fully saturated rings. The minimum Gasteiger partial charge on any atom is -0.493 e. The van der Waals surface area contributed by atoms with Crippen LogP contribution in [0.4, 0.5) is 10.3 Å². The van der Waals surface area contributed by atoms with Crippen molar-refractivity contribution >= 4 is 5.95 Å². The first-order chi connectivity index (χ1) is 12.3. The summed E-state index contributed by atoms with van der Waals surface area (Å²) in [5.74, 6) is 1.88. The molecule has 0 spiro atoms. The minimum absolute atomic E-state index is 0.229. The SMILES string of the molecule is Fc1ccc(OC[C@@H]2CC[C@H]3CN(c4ncccn4)CCN3C2)cc1. The standard InChI is InChI=1S/C19H23FN4O/c20-16-3-6-18(7-4-16)25-14-15-2-5-17-13-24(11-10-23(17)12-15)19-21-8-1-9-22-19/h1,3-4,6-9,15,17H,2,5,10-14H2/t15-,17+/m1/s1. The highest BCUT2D eigenvalue weighted by atomic mass is 19.1. The van der Waals surface area contributed by atoms with Crippen LogP contribution in [0.25, 0.3) is 0 Å². The number of hydrogen-bond donors (Lipinski definition) is 0. The summed E-state index contributed by atoms with van der Waals surface area (Å²) in [4.78, 5) is 13.6. The zero-order valence-electron chi connectivity index (χ0n) is 14.2. The highest BCUT2D eigenvalue weighted by Gasteiger charge is 2.33. The van der Waals surface area contributed by atoms with E-state index in [-0.39, 0.29) is 5.82 Å². The first-order valence-electron chi connectivity index (χ1n) is 8.92. The fourth-order valence-electron chi connectivity index (χ4n) is 3.78. The second-order valence-electron chi connectivity index (χ2n) is 6.85. The predicted molar refractivity (Wildman–Crippen MR) is 94.2 cm³/mol. The van der Waals surface area contributed by atoms with Gasteiger partial charge in [-0.05, 0) is 43.2 Å². The molecule has 0 unspecified atom stereocenters. The average molecular weight is 342 g/mol. The maximum Gasteiger partial charge on any atom is 0.225 e. The Morgan fingerprint density at radius 3 is 2.64 bits per heavy atom. The number of halogens is 1. The number of piperazine rings is 1. The molecule has 2 atom stereocenters. The number of fused-ring (bicyclic) bond motifs is 1. The smallest absolute Gasteiger partial charge is 0.225 e. The average Bonchev–Trinajstić information content (AvgIpc) is 2.68. The third kappa shape index (κ3) is 3.90. The van der Waals surface area contributed by atoms with Crippen LogP contribution in [0.5, 0.6) is 5.75 Å². The molecule has 1 aromatic heterocycles. The zero-order chi connectivity index (χ0) is 17.1. The van der Waals surface area contributed by atoms with Crippen molar-refractivity contribution in [2.45, 2.75) is 18.9 Å². The molecule has 0 amide bonds. The number of anilines is 1. The number of ether oxygens (including phenoxy) is 1. The van der Waals surface area contributed by atoms with Gasteiger partial charge in [0.2, 0.25) is 5.95 Å². The number of aromatic nitrogens is 2. The van der Waals surface area contributed by atoms with Gasteiger partial charge in [0.05, 0.1) is 6.61 Å². The second kappa shape index (κ2) is 7.35. The quantitative estimate of drug-likeness (QED) is 0.854. The Bertz CT molecular complexity index is 682. The van der Waals surface area contributed by atoms with E-state index >= 15 is 0 Å². The Morgan fingerprint density at radius 1 is 1.04 bits per heavy atom. The third-order valence-corrected chi connectivity index (χ3v) is 5.14. The van der Waals surface area contributed by atoms with Crippen LogP contribution >= 0.6 is 0 Å². The lowest BCUT2D eigenvalue weighted by Crippen LogP contribution is -2.57. The van der Waals surface area contributed by atoms with Crippen LogP contribution in [0, 0.1) is 11.7 Å². The fraction of sp³-hybridized carbons (Fsp3) is 0.474. The summed E-state index contributed by atoms with van der Waals surface area (Å²) >= 11 is 0. The molecule has 2 saturated heterocycles. The molecule has 4 rings (SSSR count). The molecule has 2 aromatic rings. The molecule has 5 nitrogen and oxygen atoms in total. The number of rotatable bonds is 4. The van der Waals surface area contributed by atoms with Crippen molar-refractivity contribution in [2.75, 3.05) is 37.7 Å². The third-order valence-electron chi connectivity index (χ3n) is 5.14. The minimum atomic E-state index is -0.229. The number of hydrogen-bond acceptors (Lipinski definition) is 5. The highest BCUT2D eigenvalue weighted by molar-refractivity contribution is 5.30. The van der Waals surface area contributed by atoms with Gasteiger partial charge in [-0.25, -0.2) is 14.4 Å². The number of nitrogens with zero attached hydrogens (tertiary/aromatic N) is 4. The molecular weight excluding hydrogens is 319 g/mol. The van der Waals surface area contributed by atoms with Crippen molar-refractivity contribution in [3.63, 3.8) is 0 Å². The summed E-state index contributed by atoms with van der Waals surface area (Å²) in [6.45, 7) is 4.76. The van der Waals surface area contributed by atoms with Crippen LogP contribution in [0.2, 0.25) is 0 Å². The van der Waals surface area contributed by atoms with Gasteiger partial charge in [-0.15, -0.1) is 0 Å². The summed E-state index contributed by atoms with van der Waals surface area (Å²) in [5.41, 5.74) is 0. The molecule has 1 aromatic carbocycles. The summed E-state index contributed by atoms with van der Waals surface area (Å²) in [5, 5.41) is 0. The Labute approximate surface area is 147 Å². The van der Waals surface area contributed by atoms with Gasteiger partial charge in [-0.3, -0.25) is 4.90 Å². The zero-order valence-corrected chi connectivity index (χ0v) is 14.2. The van der Waals surface area contributed by atoms with E-state index in [9.17, 15) is 4.39 Å². The van der Waals surface area contributed by atoms with Crippen molar-refractivity contribution < 1.29 is 9.13 Å². The van der Waals surface area contributed by atoms with Crippen molar-refractivity contribution in [2.24, 2.45) is 5.92 Å². The Hall–Kier alpha value is -2.21. The lowest BCUT2D eigenvalue weighted by atomic mass is 9.91. The van der Waals surface area contributed by atoms with Crippen molar-refractivity contribution in [1.82, 2.24) is 14.9 Å². The molecule has 0 aliphatic carbocycles. The Balaban J connectivity index is 1.29. The highest BCUT2D eigenvalue weighted by Crippen LogP contribution is 2.27. The molecule has 0 radical (unpaired) electrons. The Kier molecular flexibility index (Phi) is 4.78. The fourth-order valence-corrected chi connectivity index (χ4v) is 3.78. The van der Waals surface area contributed by atoms with E-state index in [1.54, 1.807) is 24.5 Å². The van der Waals surface area contributed by atoms with Gasteiger partial charge in [0.1, 0.15) is 11.6 Å². The van der Waals surface area contributed by atoms with Gasteiger partial charge in [-0.2, -0.15) is 0 Å². The van der Waals surface area contributed by atoms with Crippen LogP contribution in [0.3, 0.4) is 0 Å².